The Labute approximate surface area is 192 Å². The van der Waals surface area contributed by atoms with Crippen molar-refractivity contribution in [3.8, 4) is 0 Å². The van der Waals surface area contributed by atoms with Crippen LogP contribution in [0.15, 0.2) is 69.6 Å². The fourth-order valence-electron chi connectivity index (χ4n) is 3.50. The maximum Gasteiger partial charge on any atom is 0.338 e. The van der Waals surface area contributed by atoms with Gasteiger partial charge in [0.25, 0.3) is 5.56 Å². The second-order valence-corrected chi connectivity index (χ2v) is 8.73. The van der Waals surface area contributed by atoms with Gasteiger partial charge in [-0.3, -0.25) is 9.36 Å². The van der Waals surface area contributed by atoms with Gasteiger partial charge >= 0.3 is 5.97 Å². The molecule has 0 N–H and O–H groups in total. The van der Waals surface area contributed by atoms with Crippen molar-refractivity contribution >= 4 is 46.6 Å². The molecule has 0 amide bonds. The summed E-state index contributed by atoms with van der Waals surface area (Å²) < 4.78 is 7.29. The second-order valence-electron chi connectivity index (χ2n) is 6.88. The molecule has 0 spiro atoms. The number of hydrogen-bond acceptors (Lipinski definition) is 5. The quantitative estimate of drug-likeness (QED) is 0.536. The molecule has 0 fully saturated rings. The predicted molar refractivity (Wildman–Crippen MR) is 123 cm³/mol. The van der Waals surface area contributed by atoms with Gasteiger partial charge in [-0.15, -0.1) is 0 Å². The zero-order chi connectivity index (χ0) is 22.1. The number of esters is 1. The number of rotatable bonds is 4. The minimum absolute atomic E-state index is 0.233. The lowest BCUT2D eigenvalue weighted by molar-refractivity contribution is -0.139. The van der Waals surface area contributed by atoms with Gasteiger partial charge in [-0.05, 0) is 43.2 Å². The molecular formula is C23H18Cl2N2O3S. The van der Waals surface area contributed by atoms with Gasteiger partial charge in [0, 0.05) is 10.0 Å². The number of hydrogen-bond donors (Lipinski definition) is 0. The third kappa shape index (κ3) is 4.11. The van der Waals surface area contributed by atoms with Gasteiger partial charge in [-0.25, -0.2) is 9.79 Å². The van der Waals surface area contributed by atoms with E-state index < -0.39 is 12.0 Å². The van der Waals surface area contributed by atoms with Crippen molar-refractivity contribution in [1.82, 2.24) is 4.57 Å². The third-order valence-electron chi connectivity index (χ3n) is 4.88. The molecule has 158 valence electrons. The molecule has 0 unspecified atom stereocenters. The van der Waals surface area contributed by atoms with Crippen molar-refractivity contribution in [3.05, 3.63) is 101 Å². The largest absolute Gasteiger partial charge is 0.463 e. The predicted octanol–water partition coefficient (Wildman–Crippen LogP) is 4.11. The van der Waals surface area contributed by atoms with E-state index in [9.17, 15) is 9.59 Å². The Bertz CT molecular complexity index is 1370. The molecular weight excluding hydrogens is 455 g/mol. The summed E-state index contributed by atoms with van der Waals surface area (Å²) in [7, 11) is 0. The standard InChI is InChI=1S/C23H18Cl2N2O3S/c1-3-30-22(29)19-13(2)26-23-27(20(19)14-7-5-4-6-8-14)21(28)18(31-23)11-15-9-10-16(24)12-17(15)25/h4-12,20H,3H2,1-2H3/b18-11-/t20-/m1/s1. The van der Waals surface area contributed by atoms with Gasteiger partial charge < -0.3 is 4.74 Å². The Kier molecular flexibility index (Phi) is 6.14. The number of carbonyl (C=O) groups excluding carboxylic acids is 1. The highest BCUT2D eigenvalue weighted by Crippen LogP contribution is 2.30. The topological polar surface area (TPSA) is 60.7 Å². The lowest BCUT2D eigenvalue weighted by Gasteiger charge is -2.24. The first-order valence-electron chi connectivity index (χ1n) is 9.60. The number of nitrogens with zero attached hydrogens (tertiary/aromatic N) is 2. The van der Waals surface area contributed by atoms with Crippen LogP contribution in [0.3, 0.4) is 0 Å². The number of thiazole rings is 1. The number of aromatic nitrogens is 1. The van der Waals surface area contributed by atoms with E-state index in [2.05, 4.69) is 4.99 Å². The molecule has 1 aliphatic heterocycles. The Morgan fingerprint density at radius 1 is 1.23 bits per heavy atom. The minimum atomic E-state index is -0.626. The number of carbonyl (C=O) groups is 1. The Morgan fingerprint density at radius 3 is 2.65 bits per heavy atom. The molecule has 4 rings (SSSR count). The molecule has 2 heterocycles. The van der Waals surface area contributed by atoms with Crippen LogP contribution in [0.4, 0.5) is 0 Å². The van der Waals surface area contributed by atoms with Crippen LogP contribution in [-0.4, -0.2) is 17.1 Å². The first-order valence-corrected chi connectivity index (χ1v) is 11.2. The van der Waals surface area contributed by atoms with E-state index in [0.717, 1.165) is 5.56 Å². The van der Waals surface area contributed by atoms with Gasteiger partial charge in [0.1, 0.15) is 0 Å². The van der Waals surface area contributed by atoms with E-state index in [1.54, 1.807) is 42.7 Å². The number of ether oxygens (including phenoxy) is 1. The summed E-state index contributed by atoms with van der Waals surface area (Å²) in [5.74, 6) is -0.479. The van der Waals surface area contributed by atoms with E-state index in [4.69, 9.17) is 27.9 Å². The number of benzene rings is 2. The lowest BCUT2D eigenvalue weighted by atomic mass is 9.96. The van der Waals surface area contributed by atoms with Crippen molar-refractivity contribution in [2.24, 2.45) is 4.99 Å². The number of allylic oxidation sites excluding steroid dienone is 1. The molecule has 0 radical (unpaired) electrons. The zero-order valence-corrected chi connectivity index (χ0v) is 19.1. The lowest BCUT2D eigenvalue weighted by Crippen LogP contribution is -2.39. The first-order chi connectivity index (χ1) is 14.9. The molecule has 1 aliphatic rings. The fraction of sp³-hybridized carbons (Fsp3) is 0.174. The highest BCUT2D eigenvalue weighted by molar-refractivity contribution is 7.07. The summed E-state index contributed by atoms with van der Waals surface area (Å²) in [6, 6.07) is 13.9. The molecule has 1 aromatic heterocycles. The van der Waals surface area contributed by atoms with E-state index >= 15 is 0 Å². The van der Waals surface area contributed by atoms with Crippen LogP contribution in [0, 0.1) is 0 Å². The fourth-order valence-corrected chi connectivity index (χ4v) is 5.00. The first kappa shape index (κ1) is 21.6. The van der Waals surface area contributed by atoms with E-state index in [-0.39, 0.29) is 12.2 Å². The van der Waals surface area contributed by atoms with Crippen molar-refractivity contribution in [1.29, 1.82) is 0 Å². The van der Waals surface area contributed by atoms with Crippen LogP contribution in [0.25, 0.3) is 6.08 Å². The molecule has 31 heavy (non-hydrogen) atoms. The van der Waals surface area contributed by atoms with Crippen molar-refractivity contribution in [3.63, 3.8) is 0 Å². The molecule has 5 nitrogen and oxygen atoms in total. The maximum absolute atomic E-state index is 13.5. The Hall–Kier alpha value is -2.67. The molecule has 3 aromatic rings. The SMILES string of the molecule is CCOC(=O)C1=C(C)N=c2s/c(=C\c3ccc(Cl)cc3Cl)c(=O)n2[C@@H]1c1ccccc1. The number of halogens is 2. The molecule has 1 atom stereocenters. The van der Waals surface area contributed by atoms with Gasteiger partial charge in [-0.1, -0.05) is 70.9 Å². The average molecular weight is 473 g/mol. The van der Waals surface area contributed by atoms with Gasteiger partial charge in [0.2, 0.25) is 0 Å². The highest BCUT2D eigenvalue weighted by Gasteiger charge is 2.33. The van der Waals surface area contributed by atoms with Gasteiger partial charge in [-0.2, -0.15) is 0 Å². The van der Waals surface area contributed by atoms with Crippen LogP contribution >= 0.6 is 34.5 Å². The smallest absolute Gasteiger partial charge is 0.338 e. The Morgan fingerprint density at radius 2 is 1.97 bits per heavy atom. The molecule has 0 saturated carbocycles. The second kappa shape index (κ2) is 8.83. The van der Waals surface area contributed by atoms with Crippen molar-refractivity contribution in [2.45, 2.75) is 19.9 Å². The van der Waals surface area contributed by atoms with Gasteiger partial charge in [0.15, 0.2) is 4.80 Å². The summed E-state index contributed by atoms with van der Waals surface area (Å²) in [5, 5.41) is 0.962. The van der Waals surface area contributed by atoms with Crippen LogP contribution in [0.2, 0.25) is 10.0 Å². The molecule has 0 saturated heterocycles. The summed E-state index contributed by atoms with van der Waals surface area (Å²) in [6.07, 6.45) is 1.72. The summed E-state index contributed by atoms with van der Waals surface area (Å²) in [4.78, 5) is 31.3. The van der Waals surface area contributed by atoms with Crippen LogP contribution in [-0.2, 0) is 9.53 Å². The molecule has 2 aromatic carbocycles. The summed E-state index contributed by atoms with van der Waals surface area (Å²) >= 11 is 13.5. The Balaban J connectivity index is 1.96. The third-order valence-corrected chi connectivity index (χ3v) is 6.43. The number of fused-ring (bicyclic) bond motifs is 1. The highest BCUT2D eigenvalue weighted by atomic mass is 35.5. The van der Waals surface area contributed by atoms with Crippen molar-refractivity contribution in [2.75, 3.05) is 6.61 Å². The van der Waals surface area contributed by atoms with Crippen LogP contribution < -0.4 is 14.9 Å². The zero-order valence-electron chi connectivity index (χ0n) is 16.8. The molecule has 0 bridgehead atoms. The average Bonchev–Trinajstić information content (AvgIpc) is 3.04. The normalized spacial score (nSPS) is 16.1. The monoisotopic (exact) mass is 472 g/mol. The van der Waals surface area contributed by atoms with E-state index in [1.165, 1.54) is 11.3 Å². The van der Waals surface area contributed by atoms with Gasteiger partial charge in [0.05, 0.1) is 28.5 Å². The molecule has 0 aliphatic carbocycles. The van der Waals surface area contributed by atoms with Crippen molar-refractivity contribution < 1.29 is 9.53 Å². The van der Waals surface area contributed by atoms with Crippen LogP contribution in [0.5, 0.6) is 0 Å². The van der Waals surface area contributed by atoms with Crippen LogP contribution in [0.1, 0.15) is 31.0 Å². The minimum Gasteiger partial charge on any atom is -0.463 e. The van der Waals surface area contributed by atoms with E-state index in [0.29, 0.717) is 36.2 Å². The summed E-state index contributed by atoms with van der Waals surface area (Å²) in [5.41, 5.74) is 2.12. The maximum atomic E-state index is 13.5. The summed E-state index contributed by atoms with van der Waals surface area (Å²) in [6.45, 7) is 3.74. The molecule has 8 heteroatoms. The van der Waals surface area contributed by atoms with E-state index in [1.807, 2.05) is 30.3 Å².